The number of carbonyl (C=O) groups is 1. The van der Waals surface area contributed by atoms with Gasteiger partial charge in [0.15, 0.2) is 0 Å². The molecule has 1 aliphatic heterocycles. The maximum Gasteiger partial charge on any atom is 0.261 e. The molecule has 1 aromatic carbocycles. The van der Waals surface area contributed by atoms with Gasteiger partial charge in [-0.3, -0.25) is 9.59 Å². The molecule has 1 aliphatic rings. The normalized spacial score (nSPS) is 18.0. The molecule has 1 fully saturated rings. The average Bonchev–Trinajstić information content (AvgIpc) is 2.98. The molecule has 2 N–H and O–H groups in total. The lowest BCUT2D eigenvalue weighted by Crippen LogP contribution is -2.39. The van der Waals surface area contributed by atoms with E-state index in [9.17, 15) is 9.59 Å². The van der Waals surface area contributed by atoms with Gasteiger partial charge < -0.3 is 15.2 Å². The first kappa shape index (κ1) is 15.5. The maximum atomic E-state index is 12.2. The molecule has 1 unspecified atom stereocenters. The van der Waals surface area contributed by atoms with Gasteiger partial charge in [-0.25, -0.2) is 0 Å². The second-order valence-electron chi connectivity index (χ2n) is 5.97. The van der Waals surface area contributed by atoms with Crippen LogP contribution in [-0.4, -0.2) is 42.0 Å². The first-order chi connectivity index (χ1) is 11.1. The van der Waals surface area contributed by atoms with E-state index in [1.54, 1.807) is 12.1 Å². The zero-order valence-corrected chi connectivity index (χ0v) is 13.2. The summed E-state index contributed by atoms with van der Waals surface area (Å²) in [7, 11) is 2.06. The Labute approximate surface area is 135 Å². The fourth-order valence-electron chi connectivity index (χ4n) is 2.98. The van der Waals surface area contributed by atoms with E-state index < -0.39 is 0 Å². The van der Waals surface area contributed by atoms with Crippen LogP contribution in [0.5, 0.6) is 0 Å². The van der Waals surface area contributed by atoms with E-state index in [2.05, 4.69) is 22.2 Å². The highest BCUT2D eigenvalue weighted by Gasteiger charge is 2.21. The minimum atomic E-state index is -0.358. The van der Waals surface area contributed by atoms with Crippen molar-refractivity contribution in [2.45, 2.75) is 18.9 Å². The molecule has 0 radical (unpaired) electrons. The monoisotopic (exact) mass is 311 g/mol. The molecule has 1 saturated heterocycles. The smallest absolute Gasteiger partial charge is 0.261 e. The molecule has 0 aliphatic carbocycles. The zero-order chi connectivity index (χ0) is 16.2. The van der Waals surface area contributed by atoms with Crippen molar-refractivity contribution in [1.82, 2.24) is 15.2 Å². The van der Waals surface area contributed by atoms with Crippen LogP contribution in [0.4, 0.5) is 0 Å². The number of likely N-dealkylation sites (N-methyl/N-ethyl adjacent to an activating group) is 1. The quantitative estimate of drug-likeness (QED) is 0.906. The lowest BCUT2D eigenvalue weighted by molar-refractivity contribution is 0.0942. The Bertz CT molecular complexity index is 739. The van der Waals surface area contributed by atoms with Crippen molar-refractivity contribution in [2.24, 2.45) is 0 Å². The first-order valence-electron chi connectivity index (χ1n) is 7.92. The summed E-state index contributed by atoms with van der Waals surface area (Å²) in [6, 6.07) is 13.3. The lowest BCUT2D eigenvalue weighted by atomic mass is 10.1. The van der Waals surface area contributed by atoms with E-state index >= 15 is 0 Å². The topological polar surface area (TPSA) is 65.2 Å². The van der Waals surface area contributed by atoms with Crippen LogP contribution in [0.1, 0.15) is 23.2 Å². The Kier molecular flexibility index (Phi) is 4.57. The third-order valence-corrected chi connectivity index (χ3v) is 4.41. The predicted octanol–water partition coefficient (Wildman–Crippen LogP) is 1.87. The van der Waals surface area contributed by atoms with Crippen molar-refractivity contribution >= 4 is 5.91 Å². The Morgan fingerprint density at radius 3 is 2.70 bits per heavy atom. The molecular formula is C18H21N3O2. The van der Waals surface area contributed by atoms with Crippen LogP contribution in [0, 0.1) is 0 Å². The molecule has 0 spiro atoms. The number of aromatic nitrogens is 1. The van der Waals surface area contributed by atoms with Crippen molar-refractivity contribution in [3.63, 3.8) is 0 Å². The number of amides is 1. The van der Waals surface area contributed by atoms with Crippen LogP contribution < -0.4 is 10.9 Å². The van der Waals surface area contributed by atoms with Crippen LogP contribution in [0.15, 0.2) is 47.3 Å². The third kappa shape index (κ3) is 3.51. The fourth-order valence-corrected chi connectivity index (χ4v) is 2.98. The molecule has 0 bridgehead atoms. The maximum absolute atomic E-state index is 12.2. The van der Waals surface area contributed by atoms with E-state index in [4.69, 9.17) is 0 Å². The number of carbonyl (C=O) groups excluding carboxylic acids is 1. The number of nitrogens with one attached hydrogen (secondary N) is 2. The molecule has 1 atom stereocenters. The van der Waals surface area contributed by atoms with Crippen LogP contribution in [0.25, 0.3) is 11.3 Å². The van der Waals surface area contributed by atoms with E-state index in [0.29, 0.717) is 18.3 Å². The minimum Gasteiger partial charge on any atom is -0.350 e. The van der Waals surface area contributed by atoms with Gasteiger partial charge in [0.2, 0.25) is 0 Å². The van der Waals surface area contributed by atoms with Crippen molar-refractivity contribution in [1.29, 1.82) is 0 Å². The van der Waals surface area contributed by atoms with Crippen LogP contribution >= 0.6 is 0 Å². The van der Waals surface area contributed by atoms with Gasteiger partial charge in [-0.2, -0.15) is 0 Å². The Morgan fingerprint density at radius 2 is 2.04 bits per heavy atom. The molecule has 120 valence electrons. The van der Waals surface area contributed by atoms with Crippen molar-refractivity contribution in [3.8, 4) is 11.3 Å². The predicted molar refractivity (Wildman–Crippen MR) is 90.5 cm³/mol. The molecule has 2 aromatic rings. The summed E-state index contributed by atoms with van der Waals surface area (Å²) in [4.78, 5) is 29.4. The van der Waals surface area contributed by atoms with Gasteiger partial charge in [0, 0.05) is 18.3 Å². The van der Waals surface area contributed by atoms with Crippen LogP contribution in [-0.2, 0) is 0 Å². The highest BCUT2D eigenvalue weighted by molar-refractivity contribution is 5.94. The lowest BCUT2D eigenvalue weighted by Gasteiger charge is -2.19. The van der Waals surface area contributed by atoms with Gasteiger partial charge in [0.05, 0.1) is 0 Å². The molecule has 5 heteroatoms. The second kappa shape index (κ2) is 6.79. The summed E-state index contributed by atoms with van der Waals surface area (Å²) in [6.07, 6.45) is 2.24. The number of hydrogen-bond donors (Lipinski definition) is 2. The van der Waals surface area contributed by atoms with Gasteiger partial charge in [0.25, 0.3) is 11.5 Å². The minimum absolute atomic E-state index is 0.158. The number of likely N-dealkylation sites (tertiary alicyclic amines) is 1. The number of pyridine rings is 1. The summed E-state index contributed by atoms with van der Waals surface area (Å²) < 4.78 is 0. The van der Waals surface area contributed by atoms with E-state index in [1.807, 2.05) is 30.3 Å². The summed E-state index contributed by atoms with van der Waals surface area (Å²) in [6.45, 7) is 1.64. The highest BCUT2D eigenvalue weighted by atomic mass is 16.2. The standard InChI is InChI=1S/C18H21N3O2/c1-21-11-5-8-14(21)12-19-17(22)15-9-10-16(20-18(15)23)13-6-3-2-4-7-13/h2-4,6-7,9-10,14H,5,8,11-12H2,1H3,(H,19,22)(H,20,23). The molecule has 0 saturated carbocycles. The van der Waals surface area contributed by atoms with Gasteiger partial charge in [-0.05, 0) is 44.1 Å². The van der Waals surface area contributed by atoms with Crippen molar-refractivity contribution in [3.05, 3.63) is 58.4 Å². The first-order valence-corrected chi connectivity index (χ1v) is 7.92. The van der Waals surface area contributed by atoms with E-state index in [-0.39, 0.29) is 17.0 Å². The van der Waals surface area contributed by atoms with Gasteiger partial charge >= 0.3 is 0 Å². The number of nitrogens with zero attached hydrogens (tertiary/aromatic N) is 1. The SMILES string of the molecule is CN1CCCC1CNC(=O)c1ccc(-c2ccccc2)[nH]c1=O. The summed E-state index contributed by atoms with van der Waals surface area (Å²) in [5.41, 5.74) is 1.43. The summed E-state index contributed by atoms with van der Waals surface area (Å²) >= 11 is 0. The van der Waals surface area contributed by atoms with E-state index in [1.165, 1.54) is 0 Å². The summed E-state index contributed by atoms with van der Waals surface area (Å²) in [5.74, 6) is -0.314. The number of aromatic amines is 1. The highest BCUT2D eigenvalue weighted by Crippen LogP contribution is 2.15. The van der Waals surface area contributed by atoms with E-state index in [0.717, 1.165) is 24.9 Å². The molecule has 23 heavy (non-hydrogen) atoms. The molecule has 3 rings (SSSR count). The second-order valence-corrected chi connectivity index (χ2v) is 5.97. The molecular weight excluding hydrogens is 290 g/mol. The average molecular weight is 311 g/mol. The third-order valence-electron chi connectivity index (χ3n) is 4.41. The van der Waals surface area contributed by atoms with Crippen molar-refractivity contribution < 1.29 is 4.79 Å². The molecule has 2 heterocycles. The van der Waals surface area contributed by atoms with Gasteiger partial charge in [-0.1, -0.05) is 30.3 Å². The van der Waals surface area contributed by atoms with Crippen molar-refractivity contribution in [2.75, 3.05) is 20.1 Å². The van der Waals surface area contributed by atoms with Crippen LogP contribution in [0.2, 0.25) is 0 Å². The summed E-state index contributed by atoms with van der Waals surface area (Å²) in [5, 5.41) is 2.87. The van der Waals surface area contributed by atoms with Crippen LogP contribution in [0.3, 0.4) is 0 Å². The number of rotatable bonds is 4. The zero-order valence-electron chi connectivity index (χ0n) is 13.2. The number of H-pyrrole nitrogens is 1. The Morgan fingerprint density at radius 1 is 1.26 bits per heavy atom. The number of benzene rings is 1. The largest absolute Gasteiger partial charge is 0.350 e. The van der Waals surface area contributed by atoms with Gasteiger partial charge in [0.1, 0.15) is 5.56 Å². The van der Waals surface area contributed by atoms with Gasteiger partial charge in [-0.15, -0.1) is 0 Å². The molecule has 1 aromatic heterocycles. The number of hydrogen-bond acceptors (Lipinski definition) is 3. The molecule has 5 nitrogen and oxygen atoms in total. The Hall–Kier alpha value is -2.40. The Balaban J connectivity index is 1.70. The molecule has 1 amide bonds. The fraction of sp³-hybridized carbons (Fsp3) is 0.333.